The maximum atomic E-state index is 12.3. The Bertz CT molecular complexity index is 703. The van der Waals surface area contributed by atoms with Gasteiger partial charge in [0.15, 0.2) is 0 Å². The lowest BCUT2D eigenvalue weighted by molar-refractivity contribution is -0.126. The molecule has 0 aliphatic carbocycles. The van der Waals surface area contributed by atoms with Crippen LogP contribution in [-0.4, -0.2) is 34.9 Å². The second kappa shape index (κ2) is 6.58. The van der Waals surface area contributed by atoms with Crippen molar-refractivity contribution < 1.29 is 9.53 Å². The monoisotopic (exact) mass is 300 g/mol. The smallest absolute Gasteiger partial charge is 0.225 e. The topological polar surface area (TPSA) is 79.9 Å². The van der Waals surface area contributed by atoms with E-state index in [9.17, 15) is 10.1 Å². The van der Waals surface area contributed by atoms with E-state index in [4.69, 9.17) is 4.74 Å². The van der Waals surface area contributed by atoms with Gasteiger partial charge in [-0.1, -0.05) is 25.1 Å². The molecule has 1 aromatic heterocycles. The first-order valence-electron chi connectivity index (χ1n) is 7.12. The number of ether oxygens (including phenoxy) is 1. The second-order valence-electron chi connectivity index (χ2n) is 5.65. The molecule has 1 heterocycles. The largest absolute Gasteiger partial charge is 0.381 e. The number of fused-ring (bicyclic) bond motifs is 1. The minimum atomic E-state index is -1.02. The predicted octanol–water partition coefficient (Wildman–Crippen LogP) is 1.72. The Morgan fingerprint density at radius 2 is 2.27 bits per heavy atom. The van der Waals surface area contributed by atoms with Crippen molar-refractivity contribution in [3.8, 4) is 6.07 Å². The van der Waals surface area contributed by atoms with Crippen molar-refractivity contribution in [1.29, 1.82) is 5.26 Å². The molecule has 6 nitrogen and oxygen atoms in total. The number of rotatable bonds is 6. The molecule has 2 atom stereocenters. The first kappa shape index (κ1) is 16.0. The highest BCUT2D eigenvalue weighted by molar-refractivity contribution is 5.81. The van der Waals surface area contributed by atoms with Crippen molar-refractivity contribution in [2.24, 2.45) is 5.92 Å². The van der Waals surface area contributed by atoms with E-state index in [2.05, 4.69) is 16.5 Å². The summed E-state index contributed by atoms with van der Waals surface area (Å²) in [7, 11) is 1.50. The number of benzene rings is 1. The van der Waals surface area contributed by atoms with Crippen LogP contribution >= 0.6 is 0 Å². The van der Waals surface area contributed by atoms with Crippen LogP contribution in [0.2, 0.25) is 0 Å². The minimum absolute atomic E-state index is 0.145. The lowest BCUT2D eigenvalue weighted by Gasteiger charge is -2.24. The van der Waals surface area contributed by atoms with E-state index < -0.39 is 5.54 Å². The molecule has 22 heavy (non-hydrogen) atoms. The van der Waals surface area contributed by atoms with Crippen LogP contribution < -0.4 is 5.32 Å². The Labute approximate surface area is 129 Å². The normalized spacial score (nSPS) is 15.0. The van der Waals surface area contributed by atoms with Crippen molar-refractivity contribution in [2.75, 3.05) is 13.7 Å². The van der Waals surface area contributed by atoms with Crippen LogP contribution in [0.5, 0.6) is 0 Å². The molecule has 1 amide bonds. The quantitative estimate of drug-likeness (QED) is 0.881. The number of hydrogen-bond donors (Lipinski definition) is 1. The molecule has 6 heteroatoms. The van der Waals surface area contributed by atoms with Crippen molar-refractivity contribution >= 4 is 16.8 Å². The molecule has 0 bridgehead atoms. The van der Waals surface area contributed by atoms with Crippen LogP contribution in [0.15, 0.2) is 30.5 Å². The van der Waals surface area contributed by atoms with Crippen LogP contribution in [0.3, 0.4) is 0 Å². The molecule has 0 aliphatic rings. The third kappa shape index (κ3) is 3.43. The van der Waals surface area contributed by atoms with Gasteiger partial charge in [-0.15, -0.1) is 0 Å². The summed E-state index contributed by atoms with van der Waals surface area (Å²) in [6, 6.07) is 9.92. The zero-order valence-corrected chi connectivity index (χ0v) is 13.0. The van der Waals surface area contributed by atoms with Gasteiger partial charge >= 0.3 is 0 Å². The van der Waals surface area contributed by atoms with E-state index in [0.29, 0.717) is 6.54 Å². The summed E-state index contributed by atoms with van der Waals surface area (Å²) >= 11 is 0. The van der Waals surface area contributed by atoms with Gasteiger partial charge < -0.3 is 10.1 Å². The molecule has 0 spiro atoms. The third-order valence-electron chi connectivity index (χ3n) is 3.52. The van der Waals surface area contributed by atoms with Crippen molar-refractivity contribution in [3.05, 3.63) is 30.5 Å². The van der Waals surface area contributed by atoms with Crippen LogP contribution in [0.25, 0.3) is 10.9 Å². The SMILES string of the molecule is COC[C@@](C)(C#N)NC(=O)[C@@H](C)Cn1ncc2ccccc21. The van der Waals surface area contributed by atoms with Gasteiger partial charge in [0.05, 0.1) is 36.9 Å². The van der Waals surface area contributed by atoms with Crippen molar-refractivity contribution in [3.63, 3.8) is 0 Å². The first-order chi connectivity index (χ1) is 10.5. The van der Waals surface area contributed by atoms with Gasteiger partial charge in [-0.3, -0.25) is 9.48 Å². The number of aromatic nitrogens is 2. The third-order valence-corrected chi connectivity index (χ3v) is 3.52. The Balaban J connectivity index is 2.07. The van der Waals surface area contributed by atoms with Gasteiger partial charge in [0, 0.05) is 12.5 Å². The molecular formula is C16H20N4O2. The zero-order valence-electron chi connectivity index (χ0n) is 13.0. The van der Waals surface area contributed by atoms with Gasteiger partial charge in [-0.25, -0.2) is 0 Å². The zero-order chi connectivity index (χ0) is 16.2. The van der Waals surface area contributed by atoms with Gasteiger partial charge in [-0.05, 0) is 13.0 Å². The fourth-order valence-electron chi connectivity index (χ4n) is 2.29. The molecule has 2 aromatic rings. The predicted molar refractivity (Wildman–Crippen MR) is 82.9 cm³/mol. The molecule has 1 N–H and O–H groups in total. The Morgan fingerprint density at radius 3 is 2.95 bits per heavy atom. The molecule has 2 rings (SSSR count). The van der Waals surface area contributed by atoms with E-state index in [-0.39, 0.29) is 18.4 Å². The number of nitrogens with one attached hydrogen (secondary N) is 1. The number of para-hydroxylation sites is 1. The fraction of sp³-hybridized carbons (Fsp3) is 0.438. The maximum absolute atomic E-state index is 12.3. The molecule has 0 radical (unpaired) electrons. The first-order valence-corrected chi connectivity index (χ1v) is 7.12. The van der Waals surface area contributed by atoms with Crippen LogP contribution in [-0.2, 0) is 16.1 Å². The van der Waals surface area contributed by atoms with Gasteiger partial charge in [0.25, 0.3) is 0 Å². The summed E-state index contributed by atoms with van der Waals surface area (Å²) < 4.78 is 6.79. The van der Waals surface area contributed by atoms with Gasteiger partial charge in [-0.2, -0.15) is 10.4 Å². The van der Waals surface area contributed by atoms with Crippen LogP contribution in [0, 0.1) is 17.2 Å². The molecular weight excluding hydrogens is 280 g/mol. The number of nitriles is 1. The highest BCUT2D eigenvalue weighted by atomic mass is 16.5. The number of carbonyl (C=O) groups excluding carboxylic acids is 1. The lowest BCUT2D eigenvalue weighted by Crippen LogP contribution is -2.50. The molecule has 0 saturated carbocycles. The van der Waals surface area contributed by atoms with E-state index in [1.54, 1.807) is 17.8 Å². The summed E-state index contributed by atoms with van der Waals surface area (Å²) in [6.07, 6.45) is 1.78. The summed E-state index contributed by atoms with van der Waals surface area (Å²) in [5, 5.41) is 17.3. The molecule has 0 unspecified atom stereocenters. The number of amides is 1. The minimum Gasteiger partial charge on any atom is -0.381 e. The summed E-state index contributed by atoms with van der Waals surface area (Å²) in [4.78, 5) is 12.3. The van der Waals surface area contributed by atoms with E-state index in [1.807, 2.05) is 31.2 Å². The van der Waals surface area contributed by atoms with Gasteiger partial charge in [0.2, 0.25) is 5.91 Å². The Morgan fingerprint density at radius 1 is 1.55 bits per heavy atom. The van der Waals surface area contributed by atoms with Crippen molar-refractivity contribution in [1.82, 2.24) is 15.1 Å². The van der Waals surface area contributed by atoms with Gasteiger partial charge in [0.1, 0.15) is 5.54 Å². The summed E-state index contributed by atoms with van der Waals surface area (Å²) in [5.74, 6) is -0.506. The van der Waals surface area contributed by atoms with E-state index >= 15 is 0 Å². The average molecular weight is 300 g/mol. The fourth-order valence-corrected chi connectivity index (χ4v) is 2.29. The molecule has 1 aromatic carbocycles. The standard InChI is InChI=1S/C16H20N4O2/c1-12(15(21)19-16(2,10-17)11-22-3)9-20-14-7-5-4-6-13(14)8-18-20/h4-8,12H,9,11H2,1-3H3,(H,19,21)/t12-,16+/m0/s1. The number of methoxy groups -OCH3 is 1. The Kier molecular flexibility index (Phi) is 4.78. The molecule has 0 saturated heterocycles. The molecule has 116 valence electrons. The summed E-state index contributed by atoms with van der Waals surface area (Å²) in [5.41, 5.74) is -0.0335. The average Bonchev–Trinajstić information content (AvgIpc) is 2.90. The highest BCUT2D eigenvalue weighted by Gasteiger charge is 2.28. The number of hydrogen-bond acceptors (Lipinski definition) is 4. The summed E-state index contributed by atoms with van der Waals surface area (Å²) in [6.45, 7) is 4.06. The highest BCUT2D eigenvalue weighted by Crippen LogP contribution is 2.15. The van der Waals surface area contributed by atoms with Crippen molar-refractivity contribution in [2.45, 2.75) is 25.9 Å². The molecule has 0 aliphatic heterocycles. The maximum Gasteiger partial charge on any atom is 0.225 e. The number of carbonyl (C=O) groups is 1. The van der Waals surface area contributed by atoms with Crippen LogP contribution in [0.4, 0.5) is 0 Å². The van der Waals surface area contributed by atoms with E-state index in [0.717, 1.165) is 10.9 Å². The number of nitrogens with zero attached hydrogens (tertiary/aromatic N) is 3. The second-order valence-corrected chi connectivity index (χ2v) is 5.65. The van der Waals surface area contributed by atoms with E-state index in [1.165, 1.54) is 7.11 Å². The Hall–Kier alpha value is -2.39. The van der Waals surface area contributed by atoms with Crippen LogP contribution in [0.1, 0.15) is 13.8 Å². The molecule has 0 fully saturated rings. The lowest BCUT2D eigenvalue weighted by atomic mass is 10.0.